The summed E-state index contributed by atoms with van der Waals surface area (Å²) in [5.74, 6) is 2.63. The number of ether oxygens (including phenoxy) is 3. The van der Waals surface area contributed by atoms with E-state index >= 15 is 0 Å². The van der Waals surface area contributed by atoms with Crippen LogP contribution < -0.4 is 24.7 Å². The number of benzene rings is 2. The number of piperazine rings is 1. The number of fused-ring (bicyclic) bond motifs is 1. The van der Waals surface area contributed by atoms with Gasteiger partial charge in [-0.2, -0.15) is 0 Å². The predicted molar refractivity (Wildman–Crippen MR) is 121 cm³/mol. The second-order valence-electron chi connectivity index (χ2n) is 7.40. The number of rotatable bonds is 7. The van der Waals surface area contributed by atoms with Crippen molar-refractivity contribution in [3.63, 3.8) is 0 Å². The first kappa shape index (κ1) is 21.0. The van der Waals surface area contributed by atoms with Gasteiger partial charge in [-0.05, 0) is 25.1 Å². The maximum atomic E-state index is 12.6. The van der Waals surface area contributed by atoms with Crippen LogP contribution in [0.25, 0.3) is 10.9 Å². The summed E-state index contributed by atoms with van der Waals surface area (Å²) >= 11 is 0. The number of nitrogens with zero attached hydrogens (tertiary/aromatic N) is 3. The summed E-state index contributed by atoms with van der Waals surface area (Å²) in [4.78, 5) is 24.8. The molecule has 1 N–H and O–H groups in total. The molecule has 0 unspecified atom stereocenters. The molecule has 2 aromatic carbocycles. The van der Waals surface area contributed by atoms with Crippen LogP contribution in [0.4, 0.5) is 5.69 Å². The highest BCUT2D eigenvalue weighted by Gasteiger charge is 2.21. The van der Waals surface area contributed by atoms with E-state index in [4.69, 9.17) is 14.2 Å². The Kier molecular flexibility index (Phi) is 6.27. The van der Waals surface area contributed by atoms with E-state index in [1.165, 1.54) is 0 Å². The molecule has 8 nitrogen and oxygen atoms in total. The van der Waals surface area contributed by atoms with Crippen LogP contribution in [0.1, 0.15) is 12.7 Å². The van der Waals surface area contributed by atoms with Gasteiger partial charge in [0.2, 0.25) is 0 Å². The number of nitrogens with one attached hydrogen (secondary N) is 1. The van der Waals surface area contributed by atoms with Crippen LogP contribution in [0.2, 0.25) is 0 Å². The van der Waals surface area contributed by atoms with Crippen LogP contribution >= 0.6 is 0 Å². The van der Waals surface area contributed by atoms with Crippen molar-refractivity contribution in [3.8, 4) is 17.2 Å². The monoisotopic (exact) mass is 424 g/mol. The van der Waals surface area contributed by atoms with E-state index in [2.05, 4.69) is 25.8 Å². The van der Waals surface area contributed by atoms with Crippen LogP contribution in [-0.2, 0) is 6.54 Å². The lowest BCUT2D eigenvalue weighted by atomic mass is 10.2. The van der Waals surface area contributed by atoms with Crippen LogP contribution in [0.5, 0.6) is 17.2 Å². The minimum atomic E-state index is -0.176. The Hall–Kier alpha value is -3.26. The molecule has 1 fully saturated rings. The van der Waals surface area contributed by atoms with Crippen molar-refractivity contribution in [2.24, 2.45) is 0 Å². The quantitative estimate of drug-likeness (QED) is 0.625. The molecule has 0 aliphatic carbocycles. The van der Waals surface area contributed by atoms with E-state index in [9.17, 15) is 4.79 Å². The van der Waals surface area contributed by atoms with Gasteiger partial charge < -0.3 is 24.1 Å². The van der Waals surface area contributed by atoms with Crippen LogP contribution in [0.3, 0.4) is 0 Å². The summed E-state index contributed by atoms with van der Waals surface area (Å²) < 4.78 is 16.4. The fourth-order valence-electron chi connectivity index (χ4n) is 3.94. The molecule has 1 aliphatic rings. The van der Waals surface area contributed by atoms with Crippen molar-refractivity contribution in [1.82, 2.24) is 14.9 Å². The maximum absolute atomic E-state index is 12.6. The fraction of sp³-hybridized carbons (Fsp3) is 0.391. The van der Waals surface area contributed by atoms with Gasteiger partial charge >= 0.3 is 0 Å². The van der Waals surface area contributed by atoms with Crippen molar-refractivity contribution in [2.75, 3.05) is 51.9 Å². The van der Waals surface area contributed by atoms with Gasteiger partial charge in [-0.15, -0.1) is 0 Å². The summed E-state index contributed by atoms with van der Waals surface area (Å²) in [6.45, 7) is 6.73. The Balaban J connectivity index is 1.48. The molecule has 0 amide bonds. The summed E-state index contributed by atoms with van der Waals surface area (Å²) in [6.07, 6.45) is 0. The summed E-state index contributed by atoms with van der Waals surface area (Å²) in [7, 11) is 3.12. The molecule has 0 saturated carbocycles. The molecule has 1 aliphatic heterocycles. The number of para-hydroxylation sites is 2. The Morgan fingerprint density at radius 1 is 1.00 bits per heavy atom. The van der Waals surface area contributed by atoms with Gasteiger partial charge in [0.25, 0.3) is 5.56 Å². The second-order valence-corrected chi connectivity index (χ2v) is 7.40. The Morgan fingerprint density at radius 3 is 2.42 bits per heavy atom. The topological polar surface area (TPSA) is 79.9 Å². The normalized spacial score (nSPS) is 14.6. The number of aromatic amines is 1. The molecule has 0 spiro atoms. The molecule has 0 bridgehead atoms. The van der Waals surface area contributed by atoms with Crippen LogP contribution in [-0.4, -0.2) is 61.9 Å². The van der Waals surface area contributed by atoms with E-state index in [-0.39, 0.29) is 5.56 Å². The molecule has 164 valence electrons. The van der Waals surface area contributed by atoms with E-state index < -0.39 is 0 Å². The average molecular weight is 425 g/mol. The van der Waals surface area contributed by atoms with Crippen molar-refractivity contribution in [3.05, 3.63) is 52.6 Å². The van der Waals surface area contributed by atoms with Crippen LogP contribution in [0.15, 0.2) is 41.2 Å². The zero-order valence-electron chi connectivity index (χ0n) is 18.2. The molecule has 2 heterocycles. The molecule has 4 rings (SSSR count). The fourth-order valence-corrected chi connectivity index (χ4v) is 3.94. The first-order valence-electron chi connectivity index (χ1n) is 10.5. The SMILES string of the molecule is CCOc1ccccc1N1CCN(Cc2nc3cc(OC)c(OC)cc3c(=O)[nH]2)CC1. The lowest BCUT2D eigenvalue weighted by Crippen LogP contribution is -2.46. The largest absolute Gasteiger partial charge is 0.493 e. The maximum Gasteiger partial charge on any atom is 0.258 e. The summed E-state index contributed by atoms with van der Waals surface area (Å²) in [5, 5.41) is 0.485. The van der Waals surface area contributed by atoms with Gasteiger partial charge in [0.05, 0.1) is 44.0 Å². The minimum Gasteiger partial charge on any atom is -0.493 e. The molecular formula is C23H28N4O4. The minimum absolute atomic E-state index is 0.176. The smallest absolute Gasteiger partial charge is 0.258 e. The van der Waals surface area contributed by atoms with Crippen molar-refractivity contribution in [2.45, 2.75) is 13.5 Å². The zero-order valence-corrected chi connectivity index (χ0v) is 18.2. The zero-order chi connectivity index (χ0) is 21.8. The van der Waals surface area contributed by atoms with Gasteiger partial charge in [0, 0.05) is 32.2 Å². The van der Waals surface area contributed by atoms with Crippen molar-refractivity contribution in [1.29, 1.82) is 0 Å². The third kappa shape index (κ3) is 4.44. The number of hydrogen-bond acceptors (Lipinski definition) is 7. The standard InChI is InChI=1S/C23H28N4O4/c1-4-31-19-8-6-5-7-18(19)27-11-9-26(10-12-27)15-22-24-17-14-21(30-3)20(29-2)13-16(17)23(28)25-22/h5-8,13-14H,4,9-12,15H2,1-3H3,(H,24,25,28). The summed E-state index contributed by atoms with van der Waals surface area (Å²) in [6, 6.07) is 11.6. The molecule has 8 heteroatoms. The molecule has 31 heavy (non-hydrogen) atoms. The summed E-state index contributed by atoms with van der Waals surface area (Å²) in [5.41, 5.74) is 1.55. The Labute approximate surface area is 181 Å². The van der Waals surface area contributed by atoms with Crippen LogP contribution in [0, 0.1) is 0 Å². The third-order valence-electron chi connectivity index (χ3n) is 5.51. The molecule has 0 radical (unpaired) electrons. The van der Waals surface area contributed by atoms with Crippen molar-refractivity contribution < 1.29 is 14.2 Å². The highest BCUT2D eigenvalue weighted by atomic mass is 16.5. The van der Waals surface area contributed by atoms with E-state index in [1.54, 1.807) is 26.4 Å². The molecule has 1 saturated heterocycles. The van der Waals surface area contributed by atoms with E-state index in [1.807, 2.05) is 25.1 Å². The molecule has 3 aromatic rings. The second kappa shape index (κ2) is 9.26. The molecule has 0 atom stereocenters. The number of hydrogen-bond donors (Lipinski definition) is 1. The molecule has 1 aromatic heterocycles. The highest BCUT2D eigenvalue weighted by molar-refractivity contribution is 5.81. The predicted octanol–water partition coefficient (Wildman–Crippen LogP) is 2.66. The van der Waals surface area contributed by atoms with Gasteiger partial charge in [0.15, 0.2) is 11.5 Å². The Morgan fingerprint density at radius 2 is 1.71 bits per heavy atom. The van der Waals surface area contributed by atoms with Crippen molar-refractivity contribution >= 4 is 16.6 Å². The third-order valence-corrected chi connectivity index (χ3v) is 5.51. The van der Waals surface area contributed by atoms with E-state index in [0.717, 1.165) is 37.6 Å². The first-order chi connectivity index (χ1) is 15.1. The van der Waals surface area contributed by atoms with Gasteiger partial charge in [-0.1, -0.05) is 12.1 Å². The molecular weight excluding hydrogens is 396 g/mol. The highest BCUT2D eigenvalue weighted by Crippen LogP contribution is 2.30. The number of aromatic nitrogens is 2. The van der Waals surface area contributed by atoms with Gasteiger partial charge in [-0.25, -0.2) is 4.98 Å². The van der Waals surface area contributed by atoms with Gasteiger partial charge in [-0.3, -0.25) is 9.69 Å². The lowest BCUT2D eigenvalue weighted by molar-refractivity contribution is 0.243. The number of anilines is 1. The van der Waals surface area contributed by atoms with Gasteiger partial charge in [0.1, 0.15) is 11.6 Å². The first-order valence-corrected chi connectivity index (χ1v) is 10.5. The van der Waals surface area contributed by atoms with E-state index in [0.29, 0.717) is 41.4 Å². The lowest BCUT2D eigenvalue weighted by Gasteiger charge is -2.36. The Bertz CT molecular complexity index is 1110. The number of H-pyrrole nitrogens is 1. The number of methoxy groups -OCH3 is 2. The average Bonchev–Trinajstić information content (AvgIpc) is 2.79.